The molecule has 0 bridgehead atoms. The van der Waals surface area contributed by atoms with Crippen molar-refractivity contribution in [1.29, 1.82) is 0 Å². The monoisotopic (exact) mass is 374 g/mol. The number of aryl methyl sites for hydroxylation is 2. The highest BCUT2D eigenvalue weighted by molar-refractivity contribution is 7.13. The summed E-state index contributed by atoms with van der Waals surface area (Å²) in [5.41, 5.74) is 1.85. The number of likely N-dealkylation sites (tertiary alicyclic amines) is 1. The summed E-state index contributed by atoms with van der Waals surface area (Å²) in [5, 5.41) is 1.04. The molecule has 0 radical (unpaired) electrons. The molecule has 0 N–H and O–H groups in total. The number of ether oxygens (including phenoxy) is 2. The Balaban J connectivity index is 1.92. The summed E-state index contributed by atoms with van der Waals surface area (Å²) in [6.45, 7) is 4.81. The second-order valence-electron chi connectivity index (χ2n) is 6.54. The molecule has 2 heterocycles. The lowest BCUT2D eigenvalue weighted by Crippen LogP contribution is -2.30. The van der Waals surface area contributed by atoms with Crippen LogP contribution in [0.2, 0.25) is 0 Å². The van der Waals surface area contributed by atoms with E-state index in [4.69, 9.17) is 9.47 Å². The van der Waals surface area contributed by atoms with E-state index in [1.54, 1.807) is 14.2 Å². The molecule has 0 aliphatic carbocycles. The summed E-state index contributed by atoms with van der Waals surface area (Å²) in [6.07, 6.45) is 3.87. The summed E-state index contributed by atoms with van der Waals surface area (Å²) in [5.74, 6) is 1.65. The van der Waals surface area contributed by atoms with Gasteiger partial charge in [0.1, 0.15) is 16.4 Å². The van der Waals surface area contributed by atoms with Crippen LogP contribution in [0.3, 0.4) is 0 Å². The van der Waals surface area contributed by atoms with E-state index in [0.717, 1.165) is 64.9 Å². The quantitative estimate of drug-likeness (QED) is 0.752. The van der Waals surface area contributed by atoms with Gasteiger partial charge in [-0.15, -0.1) is 11.3 Å². The third-order valence-electron chi connectivity index (χ3n) is 4.81. The normalized spacial score (nSPS) is 16.8. The van der Waals surface area contributed by atoms with Crippen LogP contribution in [0, 0.1) is 6.92 Å². The zero-order valence-electron chi connectivity index (χ0n) is 15.9. The average Bonchev–Trinajstić information content (AvgIpc) is 3.27. The molecule has 5 nitrogen and oxygen atoms in total. The van der Waals surface area contributed by atoms with Gasteiger partial charge in [0, 0.05) is 12.1 Å². The van der Waals surface area contributed by atoms with Crippen LogP contribution < -0.4 is 9.47 Å². The van der Waals surface area contributed by atoms with E-state index in [0.29, 0.717) is 0 Å². The minimum atomic E-state index is 0.00340. The Morgan fingerprint density at radius 2 is 2.15 bits per heavy atom. The molecule has 0 spiro atoms. The Morgan fingerprint density at radius 1 is 1.35 bits per heavy atom. The number of hydrogen-bond acceptors (Lipinski definition) is 5. The standard InChI is InChI=1S/C20H26N2O3S/c1-5-7-18-21-13(2)19(26-18)20(23)22-11-6-8-16(22)15-12-14(24-3)9-10-17(15)25-4/h9-10,12,16H,5-8,11H2,1-4H3. The van der Waals surface area contributed by atoms with E-state index in [9.17, 15) is 4.79 Å². The molecule has 1 unspecified atom stereocenters. The highest BCUT2D eigenvalue weighted by atomic mass is 32.1. The molecule has 2 aromatic rings. The highest BCUT2D eigenvalue weighted by Crippen LogP contribution is 2.40. The van der Waals surface area contributed by atoms with Crippen LogP contribution in [-0.4, -0.2) is 36.6 Å². The maximum atomic E-state index is 13.2. The smallest absolute Gasteiger partial charge is 0.266 e. The lowest BCUT2D eigenvalue weighted by atomic mass is 10.0. The fraction of sp³-hybridized carbons (Fsp3) is 0.500. The minimum absolute atomic E-state index is 0.00340. The number of methoxy groups -OCH3 is 2. The maximum absolute atomic E-state index is 13.2. The lowest BCUT2D eigenvalue weighted by molar-refractivity contribution is 0.0738. The molecular weight excluding hydrogens is 348 g/mol. The van der Waals surface area contributed by atoms with Crippen LogP contribution in [0.1, 0.15) is 58.2 Å². The van der Waals surface area contributed by atoms with E-state index >= 15 is 0 Å². The molecule has 1 saturated heterocycles. The Labute approximate surface area is 159 Å². The summed E-state index contributed by atoms with van der Waals surface area (Å²) in [4.78, 5) is 20.6. The first-order valence-electron chi connectivity index (χ1n) is 9.08. The Morgan fingerprint density at radius 3 is 2.85 bits per heavy atom. The average molecular weight is 375 g/mol. The van der Waals surface area contributed by atoms with E-state index in [1.165, 1.54) is 11.3 Å². The number of aromatic nitrogens is 1. The number of benzene rings is 1. The third-order valence-corrected chi connectivity index (χ3v) is 6.01. The van der Waals surface area contributed by atoms with Gasteiger partial charge < -0.3 is 14.4 Å². The van der Waals surface area contributed by atoms with Crippen LogP contribution >= 0.6 is 11.3 Å². The number of carbonyl (C=O) groups excluding carboxylic acids is 1. The third kappa shape index (κ3) is 3.56. The van der Waals surface area contributed by atoms with Gasteiger partial charge in [-0.25, -0.2) is 4.98 Å². The maximum Gasteiger partial charge on any atom is 0.266 e. The van der Waals surface area contributed by atoms with Gasteiger partial charge in [-0.3, -0.25) is 4.79 Å². The molecule has 1 aromatic heterocycles. The van der Waals surface area contributed by atoms with Crippen LogP contribution in [0.5, 0.6) is 11.5 Å². The highest BCUT2D eigenvalue weighted by Gasteiger charge is 2.34. The van der Waals surface area contributed by atoms with Crippen molar-refractivity contribution in [1.82, 2.24) is 9.88 Å². The van der Waals surface area contributed by atoms with Crippen molar-refractivity contribution in [2.24, 2.45) is 0 Å². The van der Waals surface area contributed by atoms with Gasteiger partial charge in [-0.05, 0) is 50.8 Å². The molecule has 1 aliphatic rings. The fourth-order valence-corrected chi connectivity index (χ4v) is 4.66. The molecule has 1 fully saturated rings. The molecule has 26 heavy (non-hydrogen) atoms. The van der Waals surface area contributed by atoms with E-state index in [2.05, 4.69) is 11.9 Å². The molecule has 1 atom stereocenters. The molecule has 3 rings (SSSR count). The van der Waals surface area contributed by atoms with Crippen molar-refractivity contribution in [2.45, 2.75) is 45.6 Å². The van der Waals surface area contributed by atoms with Crippen molar-refractivity contribution in [2.75, 3.05) is 20.8 Å². The van der Waals surface area contributed by atoms with Crippen molar-refractivity contribution < 1.29 is 14.3 Å². The summed E-state index contributed by atoms with van der Waals surface area (Å²) >= 11 is 1.54. The van der Waals surface area contributed by atoms with Crippen molar-refractivity contribution in [3.05, 3.63) is 39.3 Å². The van der Waals surface area contributed by atoms with Gasteiger partial charge >= 0.3 is 0 Å². The van der Waals surface area contributed by atoms with Crippen LogP contribution in [-0.2, 0) is 6.42 Å². The van der Waals surface area contributed by atoms with E-state index < -0.39 is 0 Å². The first-order chi connectivity index (χ1) is 12.6. The van der Waals surface area contributed by atoms with Crippen LogP contribution in [0.15, 0.2) is 18.2 Å². The van der Waals surface area contributed by atoms with Gasteiger partial charge in [0.05, 0.1) is 31.0 Å². The molecular formula is C20H26N2O3S. The minimum Gasteiger partial charge on any atom is -0.497 e. The Hall–Kier alpha value is -2.08. The Kier molecular flexibility index (Phi) is 5.81. The first-order valence-corrected chi connectivity index (χ1v) is 9.89. The number of carbonyl (C=O) groups is 1. The van der Waals surface area contributed by atoms with Crippen molar-refractivity contribution in [3.8, 4) is 11.5 Å². The van der Waals surface area contributed by atoms with Crippen molar-refractivity contribution in [3.63, 3.8) is 0 Å². The predicted molar refractivity (Wildman–Crippen MR) is 103 cm³/mol. The van der Waals surface area contributed by atoms with E-state index in [1.807, 2.05) is 30.0 Å². The van der Waals surface area contributed by atoms with Gasteiger partial charge in [-0.1, -0.05) is 6.92 Å². The Bertz CT molecular complexity index is 787. The van der Waals surface area contributed by atoms with Gasteiger partial charge in [-0.2, -0.15) is 0 Å². The van der Waals surface area contributed by atoms with Crippen molar-refractivity contribution >= 4 is 17.2 Å². The van der Waals surface area contributed by atoms with Crippen LogP contribution in [0.25, 0.3) is 0 Å². The van der Waals surface area contributed by atoms with E-state index in [-0.39, 0.29) is 11.9 Å². The SMILES string of the molecule is CCCc1nc(C)c(C(=O)N2CCCC2c2cc(OC)ccc2OC)s1. The predicted octanol–water partition coefficient (Wildman–Crippen LogP) is 4.40. The number of thiazole rings is 1. The van der Waals surface area contributed by atoms with Gasteiger partial charge in [0.25, 0.3) is 5.91 Å². The van der Waals surface area contributed by atoms with Gasteiger partial charge in [0.2, 0.25) is 0 Å². The molecule has 1 amide bonds. The largest absolute Gasteiger partial charge is 0.497 e. The number of hydrogen-bond donors (Lipinski definition) is 0. The number of rotatable bonds is 6. The topological polar surface area (TPSA) is 51.7 Å². The zero-order chi connectivity index (χ0) is 18.7. The number of amides is 1. The molecule has 0 saturated carbocycles. The fourth-order valence-electron chi connectivity index (χ4n) is 3.53. The molecule has 6 heteroatoms. The second kappa shape index (κ2) is 8.08. The number of nitrogens with zero attached hydrogens (tertiary/aromatic N) is 2. The molecule has 1 aromatic carbocycles. The summed E-state index contributed by atoms with van der Waals surface area (Å²) < 4.78 is 10.9. The lowest BCUT2D eigenvalue weighted by Gasteiger charge is -2.26. The first kappa shape index (κ1) is 18.7. The van der Waals surface area contributed by atoms with Crippen LogP contribution in [0.4, 0.5) is 0 Å². The molecule has 1 aliphatic heterocycles. The van der Waals surface area contributed by atoms with Gasteiger partial charge in [0.15, 0.2) is 0 Å². The molecule has 140 valence electrons. The second-order valence-corrected chi connectivity index (χ2v) is 7.62. The summed E-state index contributed by atoms with van der Waals surface area (Å²) in [6, 6.07) is 5.78. The summed E-state index contributed by atoms with van der Waals surface area (Å²) in [7, 11) is 3.32. The zero-order valence-corrected chi connectivity index (χ0v) is 16.7.